The van der Waals surface area contributed by atoms with E-state index in [2.05, 4.69) is 25.1 Å². The van der Waals surface area contributed by atoms with Crippen molar-refractivity contribution in [1.82, 2.24) is 30.0 Å². The fourth-order valence-electron chi connectivity index (χ4n) is 1.50. The predicted molar refractivity (Wildman–Crippen MR) is 68.2 cm³/mol. The number of rotatable bonds is 5. The maximum Gasteiger partial charge on any atom is 0.242 e. The Balaban J connectivity index is 1.90. The van der Waals surface area contributed by atoms with Crippen molar-refractivity contribution in [2.75, 3.05) is 25.5 Å². The average molecular weight is 261 g/mol. The molecule has 0 radical (unpaired) electrons. The third-order valence-corrected chi connectivity index (χ3v) is 2.54. The summed E-state index contributed by atoms with van der Waals surface area (Å²) in [5.74, 6) is 1.12. The van der Waals surface area contributed by atoms with Crippen LogP contribution in [0.2, 0.25) is 0 Å². The summed E-state index contributed by atoms with van der Waals surface area (Å²) in [5.41, 5.74) is 0. The van der Waals surface area contributed by atoms with Crippen LogP contribution < -0.4 is 4.90 Å². The van der Waals surface area contributed by atoms with Crippen molar-refractivity contribution in [3.05, 3.63) is 30.6 Å². The Hall–Kier alpha value is -2.51. The van der Waals surface area contributed by atoms with Crippen molar-refractivity contribution < 1.29 is 4.79 Å². The molecule has 1 N–H and O–H groups in total. The lowest BCUT2D eigenvalue weighted by Crippen LogP contribution is -2.37. The Kier molecular flexibility index (Phi) is 4.01. The molecule has 0 fully saturated rings. The van der Waals surface area contributed by atoms with Crippen molar-refractivity contribution >= 4 is 11.9 Å². The highest BCUT2D eigenvalue weighted by molar-refractivity contribution is 5.80. The Morgan fingerprint density at radius 2 is 2.00 bits per heavy atom. The first kappa shape index (κ1) is 12.9. The molecule has 0 unspecified atom stereocenters. The SMILES string of the molecule is CN(Cc1ncn[nH]1)C(=O)CN(C)c1ncccn1. The highest BCUT2D eigenvalue weighted by Crippen LogP contribution is 2.03. The van der Waals surface area contributed by atoms with Crippen LogP contribution in [0.15, 0.2) is 24.8 Å². The van der Waals surface area contributed by atoms with Gasteiger partial charge in [-0.15, -0.1) is 0 Å². The molecule has 8 heteroatoms. The van der Waals surface area contributed by atoms with E-state index < -0.39 is 0 Å². The normalized spacial score (nSPS) is 10.2. The second-order valence-electron chi connectivity index (χ2n) is 4.09. The van der Waals surface area contributed by atoms with Gasteiger partial charge in [-0.25, -0.2) is 15.0 Å². The highest BCUT2D eigenvalue weighted by atomic mass is 16.2. The van der Waals surface area contributed by atoms with Gasteiger partial charge >= 0.3 is 0 Å². The summed E-state index contributed by atoms with van der Waals surface area (Å²) in [6.45, 7) is 0.594. The molecule has 0 spiro atoms. The number of aromatic amines is 1. The number of H-pyrrole nitrogens is 1. The Morgan fingerprint density at radius 3 is 2.63 bits per heavy atom. The van der Waals surface area contributed by atoms with Crippen molar-refractivity contribution in [2.45, 2.75) is 6.54 Å². The third-order valence-electron chi connectivity index (χ3n) is 2.54. The number of nitrogens with one attached hydrogen (secondary N) is 1. The zero-order chi connectivity index (χ0) is 13.7. The maximum absolute atomic E-state index is 12.0. The van der Waals surface area contributed by atoms with Crippen LogP contribution in [0.25, 0.3) is 0 Å². The molecule has 0 aliphatic carbocycles. The van der Waals surface area contributed by atoms with Crippen LogP contribution in [-0.4, -0.2) is 56.6 Å². The molecule has 0 aliphatic heterocycles. The van der Waals surface area contributed by atoms with Gasteiger partial charge in [0.1, 0.15) is 12.2 Å². The third kappa shape index (κ3) is 3.47. The molecule has 0 saturated heterocycles. The molecule has 1 amide bonds. The van der Waals surface area contributed by atoms with Gasteiger partial charge in [-0.2, -0.15) is 5.10 Å². The van der Waals surface area contributed by atoms with Crippen molar-refractivity contribution in [3.63, 3.8) is 0 Å². The molecule has 2 heterocycles. The molecule has 2 aromatic heterocycles. The predicted octanol–water partition coefficient (Wildman–Crippen LogP) is -0.310. The summed E-state index contributed by atoms with van der Waals surface area (Å²) in [6, 6.07) is 1.73. The molecule has 19 heavy (non-hydrogen) atoms. The van der Waals surface area contributed by atoms with E-state index in [1.165, 1.54) is 6.33 Å². The molecule has 2 rings (SSSR count). The van der Waals surface area contributed by atoms with Gasteiger partial charge in [0, 0.05) is 26.5 Å². The van der Waals surface area contributed by atoms with E-state index in [4.69, 9.17) is 0 Å². The number of nitrogens with zero attached hydrogens (tertiary/aromatic N) is 6. The Morgan fingerprint density at radius 1 is 1.26 bits per heavy atom. The first-order valence-corrected chi connectivity index (χ1v) is 5.73. The molecule has 0 atom stereocenters. The monoisotopic (exact) mass is 261 g/mol. The quantitative estimate of drug-likeness (QED) is 0.794. The second-order valence-corrected chi connectivity index (χ2v) is 4.09. The first-order valence-electron chi connectivity index (χ1n) is 5.73. The minimum atomic E-state index is -0.0497. The zero-order valence-electron chi connectivity index (χ0n) is 10.8. The van der Waals surface area contributed by atoms with E-state index >= 15 is 0 Å². The van der Waals surface area contributed by atoms with Crippen molar-refractivity contribution in [3.8, 4) is 0 Å². The first-order chi connectivity index (χ1) is 9.16. The Bertz CT molecular complexity index is 513. The van der Waals surface area contributed by atoms with Crippen LogP contribution in [0.1, 0.15) is 5.82 Å². The number of amides is 1. The van der Waals surface area contributed by atoms with Crippen molar-refractivity contribution in [1.29, 1.82) is 0 Å². The van der Waals surface area contributed by atoms with Gasteiger partial charge in [-0.3, -0.25) is 9.89 Å². The topological polar surface area (TPSA) is 90.9 Å². The molecule has 0 aromatic carbocycles. The molecular weight excluding hydrogens is 246 g/mol. The van der Waals surface area contributed by atoms with Crippen molar-refractivity contribution in [2.24, 2.45) is 0 Å². The second kappa shape index (κ2) is 5.89. The van der Waals surface area contributed by atoms with Crippen LogP contribution in [-0.2, 0) is 11.3 Å². The number of hydrogen-bond donors (Lipinski definition) is 1. The molecule has 2 aromatic rings. The van der Waals surface area contributed by atoms with Gasteiger partial charge < -0.3 is 9.80 Å². The van der Waals surface area contributed by atoms with Crippen LogP contribution in [0.3, 0.4) is 0 Å². The number of aromatic nitrogens is 5. The maximum atomic E-state index is 12.0. The molecule has 100 valence electrons. The minimum Gasteiger partial charge on any atom is -0.337 e. The average Bonchev–Trinajstić information content (AvgIpc) is 2.92. The lowest BCUT2D eigenvalue weighted by molar-refractivity contribution is -0.129. The van der Waals surface area contributed by atoms with Gasteiger partial charge in [-0.1, -0.05) is 0 Å². The highest BCUT2D eigenvalue weighted by Gasteiger charge is 2.14. The Labute approximate surface area is 110 Å². The lowest BCUT2D eigenvalue weighted by atomic mass is 10.4. The van der Waals surface area contributed by atoms with E-state index in [9.17, 15) is 4.79 Å². The minimum absolute atomic E-state index is 0.0497. The standard InChI is InChI=1S/C11H15N7O/c1-17(6-9-14-8-15-16-9)10(19)7-18(2)11-12-4-3-5-13-11/h3-5,8H,6-7H2,1-2H3,(H,14,15,16). The summed E-state index contributed by atoms with van der Waals surface area (Å²) in [4.78, 5) is 27.4. The van der Waals surface area contributed by atoms with E-state index in [0.717, 1.165) is 0 Å². The zero-order valence-corrected chi connectivity index (χ0v) is 10.8. The van der Waals surface area contributed by atoms with Gasteiger partial charge in [0.2, 0.25) is 11.9 Å². The van der Waals surface area contributed by atoms with Crippen LogP contribution in [0.5, 0.6) is 0 Å². The smallest absolute Gasteiger partial charge is 0.242 e. The lowest BCUT2D eigenvalue weighted by Gasteiger charge is -2.21. The molecule has 8 nitrogen and oxygen atoms in total. The summed E-state index contributed by atoms with van der Waals surface area (Å²) in [5, 5.41) is 6.45. The van der Waals surface area contributed by atoms with Crippen LogP contribution in [0.4, 0.5) is 5.95 Å². The van der Waals surface area contributed by atoms with Crippen LogP contribution >= 0.6 is 0 Å². The fraction of sp³-hybridized carbons (Fsp3) is 0.364. The van der Waals surface area contributed by atoms with Crippen LogP contribution in [0, 0.1) is 0 Å². The number of anilines is 1. The summed E-state index contributed by atoms with van der Waals surface area (Å²) in [6.07, 6.45) is 4.70. The summed E-state index contributed by atoms with van der Waals surface area (Å²) < 4.78 is 0. The van der Waals surface area contributed by atoms with Gasteiger partial charge in [0.15, 0.2) is 0 Å². The van der Waals surface area contributed by atoms with Gasteiger partial charge in [0.25, 0.3) is 0 Å². The summed E-state index contributed by atoms with van der Waals surface area (Å²) in [7, 11) is 3.49. The summed E-state index contributed by atoms with van der Waals surface area (Å²) >= 11 is 0. The number of likely N-dealkylation sites (N-methyl/N-ethyl adjacent to an activating group) is 2. The number of hydrogen-bond acceptors (Lipinski definition) is 6. The number of carbonyl (C=O) groups is 1. The van der Waals surface area contributed by atoms with E-state index in [-0.39, 0.29) is 12.5 Å². The van der Waals surface area contributed by atoms with Gasteiger partial charge in [0.05, 0.1) is 13.1 Å². The molecule has 0 aliphatic rings. The largest absolute Gasteiger partial charge is 0.337 e. The molecule has 0 bridgehead atoms. The molecule has 0 saturated carbocycles. The van der Waals surface area contributed by atoms with E-state index in [1.807, 2.05) is 0 Å². The van der Waals surface area contributed by atoms with E-state index in [0.29, 0.717) is 18.3 Å². The number of carbonyl (C=O) groups excluding carboxylic acids is 1. The van der Waals surface area contributed by atoms with Gasteiger partial charge in [-0.05, 0) is 6.07 Å². The van der Waals surface area contributed by atoms with E-state index in [1.54, 1.807) is 42.4 Å². The molecular formula is C11H15N7O. The fourth-order valence-corrected chi connectivity index (χ4v) is 1.50.